The van der Waals surface area contributed by atoms with Crippen LogP contribution < -0.4 is 24.4 Å². The number of carbonyl (C=O) groups excluding carboxylic acids is 3. The zero-order chi connectivity index (χ0) is 37.0. The number of methoxy groups -OCH3 is 4. The molecule has 52 heavy (non-hydrogen) atoms. The van der Waals surface area contributed by atoms with Crippen molar-refractivity contribution in [3.8, 4) is 17.2 Å². The Morgan fingerprint density at radius 2 is 1.56 bits per heavy atom. The van der Waals surface area contributed by atoms with Crippen LogP contribution in [0.1, 0.15) is 64.8 Å². The van der Waals surface area contributed by atoms with Gasteiger partial charge in [-0.2, -0.15) is 4.31 Å². The Bertz CT molecular complexity index is 1920. The van der Waals surface area contributed by atoms with Crippen molar-refractivity contribution in [2.45, 2.75) is 50.3 Å². The van der Waals surface area contributed by atoms with E-state index in [2.05, 4.69) is 10.2 Å². The predicted octanol–water partition coefficient (Wildman–Crippen LogP) is 3.61. The van der Waals surface area contributed by atoms with Gasteiger partial charge in [0.25, 0.3) is 5.91 Å². The summed E-state index contributed by atoms with van der Waals surface area (Å²) in [5, 5.41) is 3.25. The van der Waals surface area contributed by atoms with Crippen molar-refractivity contribution in [1.29, 1.82) is 0 Å². The van der Waals surface area contributed by atoms with Crippen molar-refractivity contribution in [2.24, 2.45) is 5.92 Å². The van der Waals surface area contributed by atoms with Crippen molar-refractivity contribution in [3.63, 3.8) is 0 Å². The molecule has 6 rings (SSSR count). The molecule has 2 fully saturated rings. The van der Waals surface area contributed by atoms with E-state index < -0.39 is 21.2 Å². The third kappa shape index (κ3) is 7.89. The van der Waals surface area contributed by atoms with Crippen LogP contribution in [0.3, 0.4) is 0 Å². The maximum Gasteiger partial charge on any atom is 0.337 e. The monoisotopic (exact) mass is 737 g/mol. The maximum absolute atomic E-state index is 14.3. The highest BCUT2D eigenvalue weighted by Crippen LogP contribution is 2.44. The summed E-state index contributed by atoms with van der Waals surface area (Å²) in [4.78, 5) is 48.7. The van der Waals surface area contributed by atoms with Gasteiger partial charge in [-0.05, 0) is 74.8 Å². The van der Waals surface area contributed by atoms with E-state index in [1.54, 1.807) is 50.5 Å². The van der Waals surface area contributed by atoms with Gasteiger partial charge in [-0.25, -0.2) is 18.2 Å². The van der Waals surface area contributed by atoms with E-state index in [0.717, 1.165) is 24.9 Å². The second kappa shape index (κ2) is 15.9. The van der Waals surface area contributed by atoms with Gasteiger partial charge in [0.1, 0.15) is 5.82 Å². The fourth-order valence-corrected chi connectivity index (χ4v) is 8.92. The van der Waals surface area contributed by atoms with E-state index >= 15 is 0 Å². The van der Waals surface area contributed by atoms with E-state index in [9.17, 15) is 22.8 Å². The van der Waals surface area contributed by atoms with Gasteiger partial charge in [-0.15, -0.1) is 0 Å². The quantitative estimate of drug-likeness (QED) is 0.354. The summed E-state index contributed by atoms with van der Waals surface area (Å²) >= 11 is 0. The first-order chi connectivity index (χ1) is 25.1. The third-order valence-corrected chi connectivity index (χ3v) is 12.3. The molecule has 0 spiro atoms. The summed E-state index contributed by atoms with van der Waals surface area (Å²) in [5.74, 6) is 1.06. The maximum atomic E-state index is 14.3. The molecule has 3 heterocycles. The molecule has 3 aromatic rings. The van der Waals surface area contributed by atoms with E-state index in [-0.39, 0.29) is 37.4 Å². The van der Waals surface area contributed by atoms with Crippen LogP contribution in [-0.4, -0.2) is 113 Å². The zero-order valence-electron chi connectivity index (χ0n) is 30.2. The molecule has 2 aliphatic heterocycles. The van der Waals surface area contributed by atoms with Crippen molar-refractivity contribution in [3.05, 3.63) is 53.1 Å². The second-order valence-electron chi connectivity index (χ2n) is 13.5. The van der Waals surface area contributed by atoms with Crippen LogP contribution in [0.15, 0.2) is 36.4 Å². The number of rotatable bonds is 7. The normalized spacial score (nSPS) is 19.4. The van der Waals surface area contributed by atoms with Crippen LogP contribution in [0.2, 0.25) is 0 Å². The van der Waals surface area contributed by atoms with Gasteiger partial charge in [-0.1, -0.05) is 0 Å². The van der Waals surface area contributed by atoms with Gasteiger partial charge in [0.2, 0.25) is 21.7 Å². The Kier molecular flexibility index (Phi) is 11.4. The fraction of sp³-hybridized carbons (Fsp3) is 0.514. The molecule has 1 unspecified atom stereocenters. The number of sulfonamides is 1. The number of hydrogen-bond donors (Lipinski definition) is 1. The molecule has 1 saturated heterocycles. The van der Waals surface area contributed by atoms with Crippen molar-refractivity contribution in [2.75, 3.05) is 72.6 Å². The van der Waals surface area contributed by atoms with Gasteiger partial charge in [0.15, 0.2) is 11.5 Å². The summed E-state index contributed by atoms with van der Waals surface area (Å²) in [7, 11) is 2.34. The molecule has 2 bridgehead atoms. The average Bonchev–Trinajstić information content (AvgIpc) is 4.03. The zero-order valence-corrected chi connectivity index (χ0v) is 31.0. The molecule has 1 atom stereocenters. The summed E-state index contributed by atoms with van der Waals surface area (Å²) < 4.78 is 50.0. The van der Waals surface area contributed by atoms with Gasteiger partial charge in [0.05, 0.1) is 51.3 Å². The summed E-state index contributed by atoms with van der Waals surface area (Å²) in [5.41, 5.74) is 2.12. The number of pyridine rings is 1. The van der Waals surface area contributed by atoms with Crippen molar-refractivity contribution in [1.82, 2.24) is 19.5 Å². The lowest BCUT2D eigenvalue weighted by Crippen LogP contribution is -2.46. The van der Waals surface area contributed by atoms with Crippen LogP contribution in [-0.2, 0) is 26.1 Å². The number of benzene rings is 2. The molecule has 1 aliphatic carbocycles. The first-order valence-electron chi connectivity index (χ1n) is 17.7. The summed E-state index contributed by atoms with van der Waals surface area (Å²) in [6.45, 7) is 2.15. The Morgan fingerprint density at radius 3 is 2.23 bits per heavy atom. The largest absolute Gasteiger partial charge is 0.493 e. The van der Waals surface area contributed by atoms with Gasteiger partial charge in [0, 0.05) is 61.8 Å². The Balaban J connectivity index is 1.43. The molecule has 3 aliphatic rings. The molecule has 14 nitrogen and oxygen atoms in total. The first kappa shape index (κ1) is 37.1. The number of nitrogens with zero attached hydrogens (tertiary/aromatic N) is 4. The molecule has 0 radical (unpaired) electrons. The topological polar surface area (TPSA) is 157 Å². The number of anilines is 1. The fourth-order valence-electron chi connectivity index (χ4n) is 7.08. The van der Waals surface area contributed by atoms with Crippen LogP contribution in [0.25, 0.3) is 10.9 Å². The number of ether oxygens (including phenoxy) is 4. The lowest BCUT2D eigenvalue weighted by Gasteiger charge is -2.36. The molecule has 2 amide bonds. The number of carbonyl (C=O) groups is 3. The van der Waals surface area contributed by atoms with Crippen LogP contribution in [0.5, 0.6) is 17.2 Å². The minimum absolute atomic E-state index is 0.0930. The van der Waals surface area contributed by atoms with E-state index in [4.69, 9.17) is 23.9 Å². The van der Waals surface area contributed by atoms with Crippen LogP contribution >= 0.6 is 0 Å². The minimum atomic E-state index is -3.61. The number of nitrogens with one attached hydrogen (secondary N) is 1. The third-order valence-electron chi connectivity index (χ3n) is 10.00. The molecule has 2 aromatic carbocycles. The second-order valence-corrected chi connectivity index (χ2v) is 15.7. The van der Waals surface area contributed by atoms with Gasteiger partial charge < -0.3 is 34.1 Å². The average molecular weight is 738 g/mol. The number of aromatic nitrogens is 1. The molecule has 280 valence electrons. The highest BCUT2D eigenvalue weighted by Gasteiger charge is 2.40. The van der Waals surface area contributed by atoms with Gasteiger partial charge in [-0.3, -0.25) is 9.59 Å². The van der Waals surface area contributed by atoms with Crippen molar-refractivity contribution < 1.29 is 41.7 Å². The van der Waals surface area contributed by atoms with Crippen LogP contribution in [0.4, 0.5) is 5.82 Å². The lowest BCUT2D eigenvalue weighted by atomic mass is 9.97. The predicted molar refractivity (Wildman–Crippen MR) is 195 cm³/mol. The summed E-state index contributed by atoms with van der Waals surface area (Å²) in [6.07, 6.45) is 3.84. The molecular formula is C37H47N5O9S. The van der Waals surface area contributed by atoms with E-state index in [1.807, 2.05) is 12.1 Å². The highest BCUT2D eigenvalue weighted by molar-refractivity contribution is 7.90. The standard InChI is InChI=1S/C37H47N5O9S/c1-48-31-19-30-29(33(49-2)34(31)50-3)18-27-22-41(36(44)25-9-11-26(12-10-25)37(45)51-4)15-5-6-17-42(52(46,47)28-13-14-28)23-32(43)38-20-24-8-7-16-40(21-24)35(27)39-30/h9-12,18-19,24,28H,5-8,13-17,20-23H2,1-4H3,(H,38,43). The molecule has 15 heteroatoms. The summed E-state index contributed by atoms with van der Waals surface area (Å²) in [6, 6.07) is 10.1. The first-order valence-corrected chi connectivity index (χ1v) is 19.2. The smallest absolute Gasteiger partial charge is 0.337 e. The van der Waals surface area contributed by atoms with Crippen molar-refractivity contribution >= 4 is 44.5 Å². The SMILES string of the molecule is COC(=O)c1ccc(C(=O)N2CCCCN(S(=O)(=O)C3CC3)CC(=O)NCC3CCCN(C3)c3nc4cc(OC)c(OC)c(OC)c4cc3C2)cc1. The number of piperidine rings is 1. The van der Waals surface area contributed by atoms with Gasteiger partial charge >= 0.3 is 5.97 Å². The molecule has 1 aromatic heterocycles. The number of fused-ring (bicyclic) bond motifs is 5. The minimum Gasteiger partial charge on any atom is -0.493 e. The molecule has 1 N–H and O–H groups in total. The Hall–Kier alpha value is -4.63. The number of esters is 1. The molecular weight excluding hydrogens is 691 g/mol. The lowest BCUT2D eigenvalue weighted by molar-refractivity contribution is -0.121. The number of hydrogen-bond acceptors (Lipinski definition) is 11. The number of amides is 2. The van der Waals surface area contributed by atoms with E-state index in [0.29, 0.717) is 90.4 Å². The van der Waals surface area contributed by atoms with Crippen LogP contribution in [0, 0.1) is 5.92 Å². The Labute approximate surface area is 304 Å². The Morgan fingerprint density at radius 1 is 0.846 bits per heavy atom. The van der Waals surface area contributed by atoms with E-state index in [1.165, 1.54) is 11.4 Å². The highest BCUT2D eigenvalue weighted by atomic mass is 32.2. The molecule has 1 saturated carbocycles.